The van der Waals surface area contributed by atoms with E-state index in [1.807, 2.05) is 0 Å². The normalized spacial score (nSPS) is 47.4. The number of aliphatic hydroxyl groups is 8. The van der Waals surface area contributed by atoms with Crippen LogP contribution in [0.5, 0.6) is 0 Å². The number of aliphatic hydroxyl groups excluding tert-OH is 7. The number of nitrogens with two attached hydrogens (primary N) is 4. The van der Waals surface area contributed by atoms with Crippen LogP contribution in [0.2, 0.25) is 0 Å². The molecular formula is C21H39N7O12. The van der Waals surface area contributed by atoms with E-state index in [-0.39, 0.29) is 6.29 Å². The molecule has 2 heterocycles. The van der Waals surface area contributed by atoms with Crippen molar-refractivity contribution in [3.8, 4) is 0 Å². The standard InChI is InChI=1S/C21H39N7O12/c1-26-9-14(35)11(32)5(2-29)38-16(9)7-18(39-6(3-30)21(7,37)4-31)40-17-10(28-20(24)25)12(33)8(27-19(22)23)13(34)15(17)36/h4-18,26,29-30,32-37H,2-3H2,1H3,(H4,22,23,27)(H4,24,25,28)/t5-,6-,7-,8-,9-,10+,11-,12-,13+,14-,15-,16-,17-,18-,21+/m0/s1. The van der Waals surface area contributed by atoms with Crippen molar-refractivity contribution in [2.75, 3.05) is 20.3 Å². The number of rotatable bonds is 9. The highest BCUT2D eigenvalue weighted by Crippen LogP contribution is 2.44. The van der Waals surface area contributed by atoms with Crippen molar-refractivity contribution in [3.05, 3.63) is 0 Å². The summed E-state index contributed by atoms with van der Waals surface area (Å²) >= 11 is 0. The zero-order valence-corrected chi connectivity index (χ0v) is 21.5. The van der Waals surface area contributed by atoms with Gasteiger partial charge in [0.15, 0.2) is 30.1 Å². The predicted octanol–water partition coefficient (Wildman–Crippen LogP) is -8.92. The SMILES string of the molecule is CN[C@H]1[C@H](O)[C@@H](O)[C@H](CO)O[C@H]1[C@H]1[C@H](O[C@@H]2[C@@H](O)[C@H](O)[C@@H](N=C(N)N)[C@H](O)[C@H]2N=C(N)N)O[C@@H](CO)[C@]1(O)C=O. The maximum absolute atomic E-state index is 12.2. The summed E-state index contributed by atoms with van der Waals surface area (Å²) in [6.45, 7) is -1.66. The minimum Gasteiger partial charge on any atom is -0.394 e. The number of nitrogens with one attached hydrogen (secondary N) is 1. The van der Waals surface area contributed by atoms with E-state index in [9.17, 15) is 45.6 Å². The Bertz CT molecular complexity index is 940. The van der Waals surface area contributed by atoms with Crippen LogP contribution in [0.4, 0.5) is 0 Å². The summed E-state index contributed by atoms with van der Waals surface area (Å²) in [4.78, 5) is 19.9. The second-order valence-corrected chi connectivity index (χ2v) is 9.99. The summed E-state index contributed by atoms with van der Waals surface area (Å²) < 4.78 is 17.4. The summed E-state index contributed by atoms with van der Waals surface area (Å²) in [5.41, 5.74) is 19.2. The summed E-state index contributed by atoms with van der Waals surface area (Å²) in [6, 6.07) is -4.22. The van der Waals surface area contributed by atoms with Crippen LogP contribution < -0.4 is 28.3 Å². The molecule has 17 N–H and O–H groups in total. The van der Waals surface area contributed by atoms with Crippen molar-refractivity contribution in [2.45, 2.75) is 85.0 Å². The van der Waals surface area contributed by atoms with Crippen molar-refractivity contribution in [1.82, 2.24) is 5.32 Å². The average Bonchev–Trinajstić information content (AvgIpc) is 3.19. The van der Waals surface area contributed by atoms with Gasteiger partial charge in [-0.1, -0.05) is 0 Å². The molecule has 0 aromatic rings. The Hall–Kier alpha value is -2.27. The highest BCUT2D eigenvalue weighted by molar-refractivity contribution is 5.76. The molecule has 2 aliphatic heterocycles. The van der Waals surface area contributed by atoms with Crippen LogP contribution in [-0.4, -0.2) is 164 Å². The van der Waals surface area contributed by atoms with E-state index in [0.29, 0.717) is 0 Å². The topological polar surface area (TPSA) is 347 Å². The number of hydrogen-bond acceptors (Lipinski definition) is 15. The van der Waals surface area contributed by atoms with Gasteiger partial charge in [-0.15, -0.1) is 0 Å². The third-order valence-corrected chi connectivity index (χ3v) is 7.61. The predicted molar refractivity (Wildman–Crippen MR) is 133 cm³/mol. The Kier molecular flexibility index (Phi) is 10.2. The molecule has 0 amide bonds. The molecule has 0 bridgehead atoms. The number of aliphatic imine (C=N–C) groups is 2. The van der Waals surface area contributed by atoms with Gasteiger partial charge in [-0.2, -0.15) is 0 Å². The fraction of sp³-hybridized carbons (Fsp3) is 0.857. The quantitative estimate of drug-likeness (QED) is 0.0682. The number of carbonyl (C=O) groups is 1. The van der Waals surface area contributed by atoms with Gasteiger partial charge in [0.05, 0.1) is 31.3 Å². The van der Waals surface area contributed by atoms with Crippen molar-refractivity contribution in [1.29, 1.82) is 0 Å². The second-order valence-electron chi connectivity index (χ2n) is 9.99. The Labute approximate surface area is 228 Å². The number of carbonyl (C=O) groups excluding carboxylic acids is 1. The van der Waals surface area contributed by atoms with Crippen LogP contribution in [0, 0.1) is 5.92 Å². The molecule has 1 saturated carbocycles. The molecule has 0 aromatic carbocycles. The molecule has 0 spiro atoms. The van der Waals surface area contributed by atoms with Gasteiger partial charge in [0.2, 0.25) is 0 Å². The van der Waals surface area contributed by atoms with E-state index >= 15 is 0 Å². The number of ether oxygens (including phenoxy) is 3. The Balaban J connectivity index is 2.07. The lowest BCUT2D eigenvalue weighted by Gasteiger charge is -2.48. The average molecular weight is 582 g/mol. The van der Waals surface area contributed by atoms with E-state index in [4.69, 9.17) is 37.1 Å². The Morgan fingerprint density at radius 1 is 0.900 bits per heavy atom. The molecule has 0 aromatic heterocycles. The molecule has 40 heavy (non-hydrogen) atoms. The molecule has 0 radical (unpaired) electrons. The lowest BCUT2D eigenvalue weighted by molar-refractivity contribution is -0.264. The summed E-state index contributed by atoms with van der Waals surface area (Å²) in [6.07, 6.45) is -16.4. The first-order valence-corrected chi connectivity index (χ1v) is 12.4. The number of aldehydes is 1. The van der Waals surface area contributed by atoms with Gasteiger partial charge in [-0.3, -0.25) is 0 Å². The number of guanidine groups is 2. The Morgan fingerprint density at radius 3 is 2.00 bits per heavy atom. The summed E-state index contributed by atoms with van der Waals surface area (Å²) in [5, 5.41) is 87.4. The number of nitrogens with zero attached hydrogens (tertiary/aromatic N) is 2. The van der Waals surface area contributed by atoms with E-state index in [2.05, 4.69) is 15.3 Å². The molecule has 3 fully saturated rings. The van der Waals surface area contributed by atoms with Gasteiger partial charge in [0.1, 0.15) is 60.9 Å². The van der Waals surface area contributed by atoms with Crippen LogP contribution in [0.3, 0.4) is 0 Å². The van der Waals surface area contributed by atoms with Crippen molar-refractivity contribution < 1.29 is 59.9 Å². The minimum atomic E-state index is -2.54. The first kappa shape index (κ1) is 32.2. The van der Waals surface area contributed by atoms with Crippen LogP contribution in [0.25, 0.3) is 0 Å². The fourth-order valence-corrected chi connectivity index (χ4v) is 5.61. The number of likely N-dealkylation sites (N-methyl/N-ethyl adjacent to an activating group) is 1. The summed E-state index contributed by atoms with van der Waals surface area (Å²) in [7, 11) is 1.39. The molecule has 0 unspecified atom stereocenters. The largest absolute Gasteiger partial charge is 0.394 e. The minimum absolute atomic E-state index is 0.0760. The van der Waals surface area contributed by atoms with Gasteiger partial charge in [-0.05, 0) is 7.05 Å². The fourth-order valence-electron chi connectivity index (χ4n) is 5.61. The monoisotopic (exact) mass is 581 g/mol. The second kappa shape index (κ2) is 12.7. The van der Waals surface area contributed by atoms with Gasteiger partial charge >= 0.3 is 0 Å². The van der Waals surface area contributed by atoms with Crippen LogP contribution in [0.15, 0.2) is 9.98 Å². The van der Waals surface area contributed by atoms with Crippen molar-refractivity contribution >= 4 is 18.2 Å². The van der Waals surface area contributed by atoms with Crippen LogP contribution >= 0.6 is 0 Å². The van der Waals surface area contributed by atoms with Gasteiger partial charge < -0.3 is 88.1 Å². The molecule has 3 rings (SSSR count). The van der Waals surface area contributed by atoms with E-state index in [1.165, 1.54) is 7.05 Å². The van der Waals surface area contributed by atoms with Gasteiger partial charge in [0.25, 0.3) is 0 Å². The maximum Gasteiger partial charge on any atom is 0.186 e. The first-order valence-electron chi connectivity index (χ1n) is 12.4. The zero-order valence-electron chi connectivity index (χ0n) is 21.5. The van der Waals surface area contributed by atoms with Crippen molar-refractivity contribution in [2.24, 2.45) is 38.8 Å². The lowest BCUT2D eigenvalue weighted by atomic mass is 9.76. The third kappa shape index (κ3) is 5.73. The van der Waals surface area contributed by atoms with Gasteiger partial charge in [-0.25, -0.2) is 9.98 Å². The van der Waals surface area contributed by atoms with E-state index in [0.717, 1.165) is 0 Å². The highest BCUT2D eigenvalue weighted by atomic mass is 16.7. The van der Waals surface area contributed by atoms with E-state index < -0.39 is 116 Å². The summed E-state index contributed by atoms with van der Waals surface area (Å²) in [5.74, 6) is -2.68. The Morgan fingerprint density at radius 2 is 1.50 bits per heavy atom. The van der Waals surface area contributed by atoms with Crippen molar-refractivity contribution in [3.63, 3.8) is 0 Å². The molecule has 2 saturated heterocycles. The van der Waals surface area contributed by atoms with Gasteiger partial charge in [0, 0.05) is 0 Å². The molecule has 230 valence electrons. The number of hydrogen-bond donors (Lipinski definition) is 13. The lowest BCUT2D eigenvalue weighted by Crippen LogP contribution is -2.69. The molecular weight excluding hydrogens is 542 g/mol. The smallest absolute Gasteiger partial charge is 0.186 e. The molecule has 15 atom stereocenters. The van der Waals surface area contributed by atoms with Crippen LogP contribution in [-0.2, 0) is 19.0 Å². The first-order chi connectivity index (χ1) is 18.8. The van der Waals surface area contributed by atoms with Crippen LogP contribution in [0.1, 0.15) is 0 Å². The zero-order chi connectivity index (χ0) is 30.1. The molecule has 19 heteroatoms. The highest BCUT2D eigenvalue weighted by Gasteiger charge is 2.64. The maximum atomic E-state index is 12.2. The molecule has 3 aliphatic rings. The molecule has 1 aliphatic carbocycles. The molecule has 19 nitrogen and oxygen atoms in total. The van der Waals surface area contributed by atoms with E-state index in [1.54, 1.807) is 0 Å². The third-order valence-electron chi connectivity index (χ3n) is 7.61.